The van der Waals surface area contributed by atoms with Gasteiger partial charge in [-0.3, -0.25) is 14.6 Å². The Labute approximate surface area is 228 Å². The van der Waals surface area contributed by atoms with Gasteiger partial charge in [-0.15, -0.1) is 11.8 Å². The summed E-state index contributed by atoms with van der Waals surface area (Å²) in [5.41, 5.74) is 2.54. The molecule has 0 unspecified atom stereocenters. The zero-order valence-corrected chi connectivity index (χ0v) is 22.9. The van der Waals surface area contributed by atoms with Crippen molar-refractivity contribution in [1.29, 1.82) is 0 Å². The molecule has 38 heavy (non-hydrogen) atoms. The Morgan fingerprint density at radius 1 is 0.816 bits per heavy atom. The van der Waals surface area contributed by atoms with E-state index in [9.17, 15) is 14.4 Å². The van der Waals surface area contributed by atoms with E-state index in [1.165, 1.54) is 11.8 Å². The number of thioether (sulfide) groups is 1. The lowest BCUT2D eigenvalue weighted by atomic mass is 10.0. The molecule has 0 saturated heterocycles. The summed E-state index contributed by atoms with van der Waals surface area (Å²) in [4.78, 5) is 43.4. The Hall–Kier alpha value is -3.65. The molecule has 3 aromatic rings. The molecule has 0 spiro atoms. The van der Waals surface area contributed by atoms with Crippen molar-refractivity contribution in [2.24, 2.45) is 0 Å². The van der Waals surface area contributed by atoms with Gasteiger partial charge in [0.1, 0.15) is 12.6 Å². The number of nitrogens with zero attached hydrogens (tertiary/aromatic N) is 1. The number of amides is 2. The molecule has 1 heterocycles. The van der Waals surface area contributed by atoms with Gasteiger partial charge in [0.25, 0.3) is 0 Å². The lowest BCUT2D eigenvalue weighted by molar-refractivity contribution is -0.128. The van der Waals surface area contributed by atoms with Gasteiger partial charge in [0.05, 0.1) is 11.8 Å². The minimum absolute atomic E-state index is 0.0263. The second-order valence-electron chi connectivity index (χ2n) is 9.94. The number of nitrogens with one attached hydrogen (secondary N) is 2. The van der Waals surface area contributed by atoms with Crippen molar-refractivity contribution < 1.29 is 19.1 Å². The van der Waals surface area contributed by atoms with Crippen LogP contribution in [-0.2, 0) is 33.8 Å². The molecule has 0 aliphatic heterocycles. The van der Waals surface area contributed by atoms with Crippen LogP contribution in [0.1, 0.15) is 37.5 Å². The third-order valence-corrected chi connectivity index (χ3v) is 6.91. The fraction of sp³-hybridized carbons (Fsp3) is 0.333. The third-order valence-electron chi connectivity index (χ3n) is 5.62. The maximum absolute atomic E-state index is 13.5. The van der Waals surface area contributed by atoms with Gasteiger partial charge >= 0.3 is 6.09 Å². The lowest BCUT2D eigenvalue weighted by Crippen LogP contribution is -2.53. The summed E-state index contributed by atoms with van der Waals surface area (Å²) in [5, 5.41) is 5.61. The Balaban J connectivity index is 1.74. The minimum Gasteiger partial charge on any atom is -0.445 e. The van der Waals surface area contributed by atoms with Crippen LogP contribution in [0.4, 0.5) is 4.79 Å². The monoisotopic (exact) mass is 533 g/mol. The highest BCUT2D eigenvalue weighted by Crippen LogP contribution is 2.23. The molecular formula is C30H35N3O4S. The quantitative estimate of drug-likeness (QED) is 0.349. The first-order valence-corrected chi connectivity index (χ1v) is 13.6. The first-order valence-electron chi connectivity index (χ1n) is 12.6. The first kappa shape index (κ1) is 28.9. The number of Topliss-reactive ketones (excluding diaryl/α,β-unsaturated/α-hetero) is 1. The summed E-state index contributed by atoms with van der Waals surface area (Å²) < 4.78 is 5.24. The van der Waals surface area contributed by atoms with Crippen LogP contribution in [0.15, 0.2) is 85.2 Å². The maximum atomic E-state index is 13.5. The summed E-state index contributed by atoms with van der Waals surface area (Å²) in [6, 6.07) is 20.9. The van der Waals surface area contributed by atoms with Gasteiger partial charge in [-0.25, -0.2) is 4.79 Å². The predicted octanol–water partition coefficient (Wildman–Crippen LogP) is 4.75. The molecule has 0 aliphatic rings. The molecule has 8 heteroatoms. The highest BCUT2D eigenvalue weighted by molar-refractivity contribution is 8.01. The summed E-state index contributed by atoms with van der Waals surface area (Å²) >= 11 is 1.54. The van der Waals surface area contributed by atoms with E-state index in [1.807, 2.05) is 81.4 Å². The van der Waals surface area contributed by atoms with Crippen molar-refractivity contribution in [3.8, 4) is 0 Å². The molecule has 2 aromatic carbocycles. The standard InChI is InChI=1S/C30H35N3O4S/c1-30(2,3)38-21-27(34)25(17-22-11-6-4-7-12-22)32-28(35)26(18-23-13-8-5-9-14-23)33-29(36)37-20-24-15-10-16-31-19-24/h4-16,19,25-26H,17-18,20-21H2,1-3H3,(H,32,35)(H,33,36)/t25-,26-/m0/s1. The van der Waals surface area contributed by atoms with E-state index in [0.29, 0.717) is 6.42 Å². The van der Waals surface area contributed by atoms with Gasteiger partial charge in [0.15, 0.2) is 5.78 Å². The number of carbonyl (C=O) groups excluding carboxylic acids is 3. The smallest absolute Gasteiger partial charge is 0.408 e. The topological polar surface area (TPSA) is 97.4 Å². The number of carbonyl (C=O) groups is 3. The number of hydrogen-bond donors (Lipinski definition) is 2. The van der Waals surface area contributed by atoms with Crippen LogP contribution in [0.25, 0.3) is 0 Å². The number of alkyl carbamates (subject to hydrolysis) is 1. The van der Waals surface area contributed by atoms with Crippen LogP contribution in [0.5, 0.6) is 0 Å². The van der Waals surface area contributed by atoms with E-state index >= 15 is 0 Å². The number of benzene rings is 2. The summed E-state index contributed by atoms with van der Waals surface area (Å²) in [5.74, 6) is -0.243. The zero-order valence-electron chi connectivity index (χ0n) is 22.1. The molecule has 2 N–H and O–H groups in total. The fourth-order valence-corrected chi connectivity index (χ4v) is 4.41. The van der Waals surface area contributed by atoms with E-state index in [0.717, 1.165) is 16.7 Å². The molecule has 200 valence electrons. The molecule has 7 nitrogen and oxygen atoms in total. The van der Waals surface area contributed by atoms with E-state index in [1.54, 1.807) is 24.5 Å². The SMILES string of the molecule is CC(C)(C)SCC(=O)[C@H](Cc1ccccc1)NC(=O)[C@H](Cc1ccccc1)NC(=O)OCc1cccnc1. The number of rotatable bonds is 12. The van der Waals surface area contributed by atoms with Crippen molar-refractivity contribution >= 4 is 29.5 Å². The molecule has 0 saturated carbocycles. The Morgan fingerprint density at radius 3 is 1.95 bits per heavy atom. The Bertz CT molecular complexity index is 1170. The van der Waals surface area contributed by atoms with Crippen molar-refractivity contribution in [2.75, 3.05) is 5.75 Å². The predicted molar refractivity (Wildman–Crippen MR) is 151 cm³/mol. The molecule has 2 amide bonds. The number of pyridine rings is 1. The normalized spacial score (nSPS) is 12.7. The summed E-state index contributed by atoms with van der Waals surface area (Å²) in [6.07, 6.45) is 3.13. The van der Waals surface area contributed by atoms with E-state index in [-0.39, 0.29) is 29.3 Å². The van der Waals surface area contributed by atoms with Gasteiger partial charge < -0.3 is 15.4 Å². The number of hydrogen-bond acceptors (Lipinski definition) is 6. The zero-order chi connectivity index (χ0) is 27.4. The number of ketones is 1. The Kier molecular flexibility index (Phi) is 10.9. The molecule has 0 fully saturated rings. The van der Waals surface area contributed by atoms with Crippen molar-refractivity contribution in [3.63, 3.8) is 0 Å². The van der Waals surface area contributed by atoms with Crippen LogP contribution in [0.3, 0.4) is 0 Å². The Morgan fingerprint density at radius 2 is 1.39 bits per heavy atom. The maximum Gasteiger partial charge on any atom is 0.408 e. The number of aromatic nitrogens is 1. The van der Waals surface area contributed by atoms with E-state index in [4.69, 9.17) is 4.74 Å². The second kappa shape index (κ2) is 14.3. The summed E-state index contributed by atoms with van der Waals surface area (Å²) in [7, 11) is 0. The van der Waals surface area contributed by atoms with Crippen LogP contribution >= 0.6 is 11.8 Å². The van der Waals surface area contributed by atoms with Gasteiger partial charge in [0, 0.05) is 29.1 Å². The molecule has 1 aromatic heterocycles. The van der Waals surface area contributed by atoms with Crippen LogP contribution in [0.2, 0.25) is 0 Å². The summed E-state index contributed by atoms with van der Waals surface area (Å²) in [6.45, 7) is 6.17. The lowest BCUT2D eigenvalue weighted by Gasteiger charge is -2.24. The van der Waals surface area contributed by atoms with Crippen LogP contribution in [-0.4, -0.2) is 45.4 Å². The molecular weight excluding hydrogens is 498 g/mol. The molecule has 0 bridgehead atoms. The highest BCUT2D eigenvalue weighted by atomic mass is 32.2. The average Bonchev–Trinajstić information content (AvgIpc) is 2.91. The highest BCUT2D eigenvalue weighted by Gasteiger charge is 2.28. The van der Waals surface area contributed by atoms with Crippen molar-refractivity contribution in [2.45, 2.75) is 57.1 Å². The molecule has 3 rings (SSSR count). The van der Waals surface area contributed by atoms with Gasteiger partial charge in [-0.2, -0.15) is 0 Å². The van der Waals surface area contributed by atoms with Gasteiger partial charge in [-0.1, -0.05) is 87.5 Å². The van der Waals surface area contributed by atoms with Crippen LogP contribution in [0, 0.1) is 0 Å². The van der Waals surface area contributed by atoms with Crippen molar-refractivity contribution in [3.05, 3.63) is 102 Å². The van der Waals surface area contributed by atoms with E-state index in [2.05, 4.69) is 15.6 Å². The fourth-order valence-electron chi connectivity index (χ4n) is 3.63. The van der Waals surface area contributed by atoms with Crippen molar-refractivity contribution in [1.82, 2.24) is 15.6 Å². The van der Waals surface area contributed by atoms with Gasteiger partial charge in [0.2, 0.25) is 5.91 Å². The second-order valence-corrected chi connectivity index (χ2v) is 11.7. The third kappa shape index (κ3) is 10.4. The minimum atomic E-state index is -0.930. The number of ether oxygens (including phenoxy) is 1. The van der Waals surface area contributed by atoms with Gasteiger partial charge in [-0.05, 0) is 23.6 Å². The molecule has 0 aliphatic carbocycles. The average molecular weight is 534 g/mol. The van der Waals surface area contributed by atoms with Crippen LogP contribution < -0.4 is 10.6 Å². The van der Waals surface area contributed by atoms with E-state index < -0.39 is 24.1 Å². The molecule has 2 atom stereocenters. The molecule has 0 radical (unpaired) electrons. The first-order chi connectivity index (χ1) is 18.2. The largest absolute Gasteiger partial charge is 0.445 e.